The van der Waals surface area contributed by atoms with Crippen molar-refractivity contribution in [2.75, 3.05) is 7.11 Å². The van der Waals surface area contributed by atoms with Crippen LogP contribution < -0.4 is 0 Å². The third-order valence-corrected chi connectivity index (χ3v) is 7.45. The van der Waals surface area contributed by atoms with Crippen molar-refractivity contribution in [1.29, 1.82) is 0 Å². The molecule has 1 fully saturated rings. The molecule has 0 unspecified atom stereocenters. The molecule has 1 heterocycles. The summed E-state index contributed by atoms with van der Waals surface area (Å²) < 4.78 is 12.5. The summed E-state index contributed by atoms with van der Waals surface area (Å²) in [5.74, 6) is 1.29. The van der Waals surface area contributed by atoms with Crippen LogP contribution in [-0.2, 0) is 14.3 Å². The van der Waals surface area contributed by atoms with E-state index in [2.05, 4.69) is 39.8 Å². The zero-order valence-electron chi connectivity index (χ0n) is 19.4. The van der Waals surface area contributed by atoms with Crippen molar-refractivity contribution in [3.05, 3.63) is 42.0 Å². The van der Waals surface area contributed by atoms with Crippen molar-refractivity contribution in [3.63, 3.8) is 0 Å². The molecule has 1 aromatic rings. The number of benzene rings is 1. The molecule has 0 radical (unpaired) electrons. The van der Waals surface area contributed by atoms with Crippen molar-refractivity contribution in [3.8, 4) is 5.75 Å². The van der Waals surface area contributed by atoms with Crippen LogP contribution in [0.25, 0.3) is 0 Å². The van der Waals surface area contributed by atoms with E-state index < -0.39 is 5.60 Å². The highest BCUT2D eigenvalue weighted by atomic mass is 16.5. The number of carbonyl (C=O) groups is 1. The molecular weight excluding hydrogens is 376 g/mol. The number of phenols is 1. The number of methoxy groups -OCH3 is 1. The quantitative estimate of drug-likeness (QED) is 0.593. The standard InChI is InChI=1S/C26H38O4/c1-17(10-11-23(29-6)20-8-7-9-21(27)14-20)24-18(2)12-13-26(30-24)16-22(28)19(3)15-25(26,4)5/h7-9,12-14,17-19,23-24,27H,10-11,15-16H2,1-6H3/t17-,18-,19+,23-,24+,26-/m0/s1. The summed E-state index contributed by atoms with van der Waals surface area (Å²) in [4.78, 5) is 12.6. The molecule has 3 rings (SSSR count). The lowest BCUT2D eigenvalue weighted by Crippen LogP contribution is -2.57. The van der Waals surface area contributed by atoms with E-state index in [0.29, 0.717) is 24.0 Å². The molecule has 0 aromatic heterocycles. The van der Waals surface area contributed by atoms with Crippen LogP contribution in [0.5, 0.6) is 5.75 Å². The second kappa shape index (κ2) is 8.84. The fraction of sp³-hybridized carbons (Fsp3) is 0.654. The van der Waals surface area contributed by atoms with Crippen LogP contribution >= 0.6 is 0 Å². The summed E-state index contributed by atoms with van der Waals surface area (Å²) in [6, 6.07) is 7.29. The molecule has 1 aromatic carbocycles. The predicted octanol–water partition coefficient (Wildman–Crippen LogP) is 5.85. The lowest BCUT2D eigenvalue weighted by atomic mass is 9.60. The maximum atomic E-state index is 12.6. The second-order valence-electron chi connectivity index (χ2n) is 10.2. The molecule has 1 spiro atoms. The van der Waals surface area contributed by atoms with Gasteiger partial charge in [0.05, 0.1) is 17.8 Å². The van der Waals surface area contributed by atoms with Crippen LogP contribution in [0, 0.1) is 23.2 Å². The molecule has 4 nitrogen and oxygen atoms in total. The zero-order valence-corrected chi connectivity index (χ0v) is 19.4. The first-order chi connectivity index (χ1) is 14.1. The van der Waals surface area contributed by atoms with E-state index in [1.807, 2.05) is 19.1 Å². The Labute approximate surface area is 181 Å². The van der Waals surface area contributed by atoms with Gasteiger partial charge in [-0.25, -0.2) is 0 Å². The third-order valence-electron chi connectivity index (χ3n) is 7.45. The minimum absolute atomic E-state index is 0.0588. The maximum absolute atomic E-state index is 12.6. The highest BCUT2D eigenvalue weighted by Crippen LogP contribution is 2.51. The van der Waals surface area contributed by atoms with Gasteiger partial charge in [-0.05, 0) is 48.3 Å². The average Bonchev–Trinajstić information content (AvgIpc) is 2.68. The number of hydrogen-bond donors (Lipinski definition) is 1. The summed E-state index contributed by atoms with van der Waals surface area (Å²) in [6.45, 7) is 11.0. The molecule has 1 N–H and O–H groups in total. The Kier molecular flexibility index (Phi) is 6.78. The van der Waals surface area contributed by atoms with Crippen LogP contribution in [0.2, 0.25) is 0 Å². The molecule has 0 saturated heterocycles. The molecule has 2 aliphatic rings. The van der Waals surface area contributed by atoms with Gasteiger partial charge in [-0.2, -0.15) is 0 Å². The van der Waals surface area contributed by atoms with Crippen molar-refractivity contribution < 1.29 is 19.4 Å². The van der Waals surface area contributed by atoms with Crippen LogP contribution in [0.15, 0.2) is 36.4 Å². The Bertz CT molecular complexity index is 783. The molecule has 0 amide bonds. The van der Waals surface area contributed by atoms with Crippen molar-refractivity contribution in [2.45, 2.75) is 78.1 Å². The van der Waals surface area contributed by atoms with Crippen LogP contribution in [0.1, 0.15) is 72.0 Å². The second-order valence-corrected chi connectivity index (χ2v) is 10.2. The zero-order chi connectivity index (χ0) is 22.1. The summed E-state index contributed by atoms with van der Waals surface area (Å²) in [6.07, 6.45) is 7.57. The van der Waals surface area contributed by atoms with Gasteiger partial charge in [0, 0.05) is 25.4 Å². The summed E-state index contributed by atoms with van der Waals surface area (Å²) >= 11 is 0. The first-order valence-corrected chi connectivity index (χ1v) is 11.3. The number of ether oxygens (including phenoxy) is 2. The number of aromatic hydroxyl groups is 1. The monoisotopic (exact) mass is 414 g/mol. The minimum atomic E-state index is -0.506. The van der Waals surface area contributed by atoms with Crippen molar-refractivity contribution in [2.24, 2.45) is 23.2 Å². The number of carbonyl (C=O) groups excluding carboxylic acids is 1. The molecule has 1 aliphatic carbocycles. The Morgan fingerprint density at radius 2 is 2.00 bits per heavy atom. The van der Waals surface area contributed by atoms with Gasteiger partial charge in [0.15, 0.2) is 0 Å². The van der Waals surface area contributed by atoms with Gasteiger partial charge < -0.3 is 14.6 Å². The Balaban J connectivity index is 1.72. The van der Waals surface area contributed by atoms with E-state index in [0.717, 1.165) is 24.8 Å². The fourth-order valence-corrected chi connectivity index (χ4v) is 5.37. The number of Topliss-reactive ketones (excluding diaryl/α,β-unsaturated/α-hetero) is 1. The van der Waals surface area contributed by atoms with Gasteiger partial charge >= 0.3 is 0 Å². The smallest absolute Gasteiger partial charge is 0.138 e. The molecule has 166 valence electrons. The number of phenolic OH excluding ortho intramolecular Hbond substituents is 1. The molecular formula is C26H38O4. The molecule has 30 heavy (non-hydrogen) atoms. The topological polar surface area (TPSA) is 55.8 Å². The van der Waals surface area contributed by atoms with Gasteiger partial charge in [-0.15, -0.1) is 0 Å². The minimum Gasteiger partial charge on any atom is -0.508 e. The lowest BCUT2D eigenvalue weighted by Gasteiger charge is -2.54. The van der Waals surface area contributed by atoms with Crippen LogP contribution in [0.4, 0.5) is 0 Å². The van der Waals surface area contributed by atoms with E-state index in [-0.39, 0.29) is 29.3 Å². The van der Waals surface area contributed by atoms with E-state index >= 15 is 0 Å². The van der Waals surface area contributed by atoms with Gasteiger partial charge in [-0.1, -0.05) is 58.9 Å². The largest absolute Gasteiger partial charge is 0.508 e. The normalized spacial score (nSPS) is 32.9. The number of rotatable bonds is 6. The number of hydrogen-bond acceptors (Lipinski definition) is 4. The lowest BCUT2D eigenvalue weighted by molar-refractivity contribution is -0.187. The first kappa shape index (κ1) is 23.0. The Hall–Kier alpha value is -1.65. The van der Waals surface area contributed by atoms with Crippen molar-refractivity contribution >= 4 is 5.78 Å². The fourth-order valence-electron chi connectivity index (χ4n) is 5.37. The van der Waals surface area contributed by atoms with Crippen LogP contribution in [0.3, 0.4) is 0 Å². The molecule has 6 atom stereocenters. The molecule has 4 heteroatoms. The van der Waals surface area contributed by atoms with Crippen LogP contribution in [-0.4, -0.2) is 29.7 Å². The maximum Gasteiger partial charge on any atom is 0.138 e. The summed E-state index contributed by atoms with van der Waals surface area (Å²) in [5, 5.41) is 9.79. The highest BCUT2D eigenvalue weighted by Gasteiger charge is 2.54. The van der Waals surface area contributed by atoms with Gasteiger partial charge in [-0.3, -0.25) is 4.79 Å². The molecule has 0 bridgehead atoms. The Morgan fingerprint density at radius 1 is 1.27 bits per heavy atom. The van der Waals surface area contributed by atoms with Gasteiger partial charge in [0.25, 0.3) is 0 Å². The molecule has 1 saturated carbocycles. The van der Waals surface area contributed by atoms with Crippen molar-refractivity contribution in [1.82, 2.24) is 0 Å². The van der Waals surface area contributed by atoms with E-state index in [1.54, 1.807) is 19.2 Å². The van der Waals surface area contributed by atoms with E-state index in [4.69, 9.17) is 9.47 Å². The molecule has 1 aliphatic heterocycles. The SMILES string of the molecule is CO[C@@H](CC[C@H](C)[C@H]1O[C@@]2(C=C[C@@H]1C)CC(=O)[C@H](C)CC2(C)C)c1cccc(O)c1. The van der Waals surface area contributed by atoms with E-state index in [1.165, 1.54) is 0 Å². The summed E-state index contributed by atoms with van der Waals surface area (Å²) in [7, 11) is 1.72. The van der Waals surface area contributed by atoms with Gasteiger partial charge in [0.1, 0.15) is 11.5 Å². The van der Waals surface area contributed by atoms with Gasteiger partial charge in [0.2, 0.25) is 0 Å². The summed E-state index contributed by atoms with van der Waals surface area (Å²) in [5.41, 5.74) is 0.408. The highest BCUT2D eigenvalue weighted by molar-refractivity contribution is 5.83. The first-order valence-electron chi connectivity index (χ1n) is 11.3. The third kappa shape index (κ3) is 4.50. The predicted molar refractivity (Wildman–Crippen MR) is 119 cm³/mol. The average molecular weight is 415 g/mol. The Morgan fingerprint density at radius 3 is 2.67 bits per heavy atom. The van der Waals surface area contributed by atoms with E-state index in [9.17, 15) is 9.90 Å². The number of ketones is 1.